The number of aromatic nitrogens is 3. The summed E-state index contributed by atoms with van der Waals surface area (Å²) in [5.74, 6) is -2.52. The summed E-state index contributed by atoms with van der Waals surface area (Å²) in [4.78, 5) is 23.0. The lowest BCUT2D eigenvalue weighted by Gasteiger charge is -2.23. The number of hydrogen-bond acceptors (Lipinski definition) is 8. The van der Waals surface area contributed by atoms with E-state index in [9.17, 15) is 26.7 Å². The summed E-state index contributed by atoms with van der Waals surface area (Å²) in [6.45, 7) is -3.24. The molecule has 1 N–H and O–H groups in total. The van der Waals surface area contributed by atoms with Gasteiger partial charge < -0.3 is 19.5 Å². The van der Waals surface area contributed by atoms with Gasteiger partial charge in [-0.2, -0.15) is 22.0 Å². The highest BCUT2D eigenvalue weighted by atomic mass is 32.1. The maximum atomic E-state index is 12.5. The van der Waals surface area contributed by atoms with E-state index in [0.29, 0.717) is 0 Å². The molecule has 0 aliphatic carbocycles. The van der Waals surface area contributed by atoms with Crippen LogP contribution in [0.1, 0.15) is 21.9 Å². The smallest absolute Gasteiger partial charge is 0.451 e. The van der Waals surface area contributed by atoms with Gasteiger partial charge >= 0.3 is 18.8 Å². The molecule has 2 atom stereocenters. The molecule has 1 aliphatic heterocycles. The first kappa shape index (κ1) is 21.1. The molecule has 0 aromatic carbocycles. The van der Waals surface area contributed by atoms with Crippen LogP contribution < -0.4 is 9.64 Å². The van der Waals surface area contributed by atoms with E-state index in [4.69, 9.17) is 9.84 Å². The molecule has 0 bridgehead atoms. The van der Waals surface area contributed by atoms with Gasteiger partial charge in [0.15, 0.2) is 10.9 Å². The Bertz CT molecular complexity index is 848. The van der Waals surface area contributed by atoms with Crippen LogP contribution in [0.15, 0.2) is 18.6 Å². The molecule has 0 saturated carbocycles. The molecule has 1 aliphatic rings. The van der Waals surface area contributed by atoms with Crippen molar-refractivity contribution >= 4 is 22.4 Å². The molecular formula is C15H13F5N4O4S. The van der Waals surface area contributed by atoms with E-state index in [1.54, 1.807) is 4.90 Å². The number of nitrogens with zero attached hydrogens (tertiary/aromatic N) is 4. The van der Waals surface area contributed by atoms with Gasteiger partial charge in [-0.3, -0.25) is 0 Å². The van der Waals surface area contributed by atoms with Crippen LogP contribution >= 0.6 is 11.3 Å². The lowest BCUT2D eigenvalue weighted by molar-refractivity contribution is -0.145. The van der Waals surface area contributed by atoms with Gasteiger partial charge in [-0.25, -0.2) is 19.7 Å². The van der Waals surface area contributed by atoms with Crippen LogP contribution in [0.4, 0.5) is 27.1 Å². The number of carbonyl (C=O) groups is 1. The minimum atomic E-state index is -4.69. The quantitative estimate of drug-likeness (QED) is 0.657. The minimum absolute atomic E-state index is 0.0243. The van der Waals surface area contributed by atoms with Crippen LogP contribution in [0.25, 0.3) is 0 Å². The fourth-order valence-electron chi connectivity index (χ4n) is 2.75. The molecule has 29 heavy (non-hydrogen) atoms. The number of rotatable bonds is 7. The van der Waals surface area contributed by atoms with E-state index in [1.807, 2.05) is 0 Å². The van der Waals surface area contributed by atoms with Crippen molar-refractivity contribution in [3.8, 4) is 5.75 Å². The van der Waals surface area contributed by atoms with E-state index in [0.717, 1.165) is 29.9 Å². The molecule has 0 spiro atoms. The molecule has 3 rings (SSSR count). The van der Waals surface area contributed by atoms with Gasteiger partial charge in [0.05, 0.1) is 37.8 Å². The molecule has 1 saturated heterocycles. The van der Waals surface area contributed by atoms with Crippen molar-refractivity contribution in [1.29, 1.82) is 0 Å². The van der Waals surface area contributed by atoms with Crippen molar-refractivity contribution in [2.45, 2.75) is 31.4 Å². The summed E-state index contributed by atoms with van der Waals surface area (Å²) in [5.41, 5.74) is 0. The number of hydrogen-bond donors (Lipinski definition) is 1. The third-order valence-electron chi connectivity index (χ3n) is 3.93. The minimum Gasteiger partial charge on any atom is -0.485 e. The number of carboxylic acids is 1. The van der Waals surface area contributed by atoms with Crippen LogP contribution in [0.2, 0.25) is 0 Å². The van der Waals surface area contributed by atoms with Gasteiger partial charge in [-0.15, -0.1) is 0 Å². The van der Waals surface area contributed by atoms with Crippen molar-refractivity contribution < 1.29 is 41.3 Å². The summed E-state index contributed by atoms with van der Waals surface area (Å²) in [6, 6.07) is -0.600. The fraction of sp³-hybridized carbons (Fsp3) is 0.467. The highest BCUT2D eigenvalue weighted by Crippen LogP contribution is 2.32. The number of ether oxygens (including phenoxy) is 2. The van der Waals surface area contributed by atoms with E-state index in [-0.39, 0.29) is 35.3 Å². The van der Waals surface area contributed by atoms with Crippen LogP contribution in [-0.2, 0) is 10.9 Å². The predicted octanol–water partition coefficient (Wildman–Crippen LogP) is 2.92. The Labute approximate surface area is 163 Å². The van der Waals surface area contributed by atoms with Gasteiger partial charge in [0.2, 0.25) is 5.82 Å². The van der Waals surface area contributed by atoms with Gasteiger partial charge in [-0.05, 0) is 0 Å². The van der Waals surface area contributed by atoms with Crippen LogP contribution in [0.3, 0.4) is 0 Å². The number of carboxylic acid groups (broad SMARTS) is 1. The number of alkyl halides is 5. The van der Waals surface area contributed by atoms with Crippen molar-refractivity contribution in [3.63, 3.8) is 0 Å². The molecule has 0 radical (unpaired) electrons. The lowest BCUT2D eigenvalue weighted by Crippen LogP contribution is -2.34. The van der Waals surface area contributed by atoms with Crippen molar-refractivity contribution in [2.24, 2.45) is 0 Å². The summed E-state index contributed by atoms with van der Waals surface area (Å²) < 4.78 is 72.4. The first-order valence-electron chi connectivity index (χ1n) is 8.05. The predicted molar refractivity (Wildman–Crippen MR) is 88.2 cm³/mol. The largest absolute Gasteiger partial charge is 0.485 e. The Kier molecular flexibility index (Phi) is 6.12. The summed E-state index contributed by atoms with van der Waals surface area (Å²) in [7, 11) is 0. The molecule has 2 aromatic rings. The molecule has 1 fully saturated rings. The number of anilines is 1. The third-order valence-corrected chi connectivity index (χ3v) is 4.95. The van der Waals surface area contributed by atoms with Gasteiger partial charge in [-0.1, -0.05) is 11.3 Å². The average Bonchev–Trinajstić information content (AvgIpc) is 3.26. The lowest BCUT2D eigenvalue weighted by atomic mass is 10.2. The zero-order chi connectivity index (χ0) is 21.2. The third kappa shape index (κ3) is 5.26. The Morgan fingerprint density at radius 2 is 1.97 bits per heavy atom. The van der Waals surface area contributed by atoms with Crippen molar-refractivity contribution in [3.05, 3.63) is 29.3 Å². The number of halogens is 5. The zero-order valence-electron chi connectivity index (χ0n) is 14.3. The monoisotopic (exact) mass is 440 g/mol. The number of aromatic carboxylic acids is 1. The zero-order valence-corrected chi connectivity index (χ0v) is 15.2. The Morgan fingerprint density at radius 1 is 1.28 bits per heavy atom. The first-order chi connectivity index (χ1) is 13.6. The summed E-state index contributed by atoms with van der Waals surface area (Å²) >= 11 is 0.856. The first-order valence-corrected chi connectivity index (χ1v) is 8.86. The molecule has 3 heterocycles. The fourth-order valence-corrected chi connectivity index (χ4v) is 3.58. The Balaban J connectivity index is 1.72. The highest BCUT2D eigenvalue weighted by Gasteiger charge is 2.37. The second-order valence-corrected chi connectivity index (χ2v) is 6.94. The van der Waals surface area contributed by atoms with Gasteiger partial charge in [0, 0.05) is 6.42 Å². The van der Waals surface area contributed by atoms with Gasteiger partial charge in [0.1, 0.15) is 11.0 Å². The molecule has 0 amide bonds. The molecule has 2 aromatic heterocycles. The summed E-state index contributed by atoms with van der Waals surface area (Å²) in [6.07, 6.45) is -2.23. The van der Waals surface area contributed by atoms with Gasteiger partial charge in [0.25, 0.3) is 0 Å². The SMILES string of the molecule is O=C(O)c1cnc(N2C[C@@H](Oc3cnc(C(F)(F)F)nc3)C[C@H]2COC(F)F)s1. The maximum Gasteiger partial charge on any atom is 0.451 e. The van der Waals surface area contributed by atoms with E-state index in [2.05, 4.69) is 19.7 Å². The second-order valence-electron chi connectivity index (χ2n) is 5.93. The molecule has 158 valence electrons. The van der Waals surface area contributed by atoms with E-state index >= 15 is 0 Å². The standard InChI is InChI=1S/C15H13F5N4O4S/c16-13(17)27-6-7-1-8(5-24(7)14-23-4-10(29-14)11(25)26)28-9-2-21-12(22-3-9)15(18,19)20/h2-4,7-8,13H,1,5-6H2,(H,25,26)/t7-,8-/m0/s1. The Morgan fingerprint density at radius 3 is 2.52 bits per heavy atom. The Hall–Kier alpha value is -2.61. The molecule has 8 nitrogen and oxygen atoms in total. The average molecular weight is 440 g/mol. The topological polar surface area (TPSA) is 97.7 Å². The number of thiazole rings is 1. The summed E-state index contributed by atoms with van der Waals surface area (Å²) in [5, 5.41) is 9.30. The molecular weight excluding hydrogens is 427 g/mol. The second kappa shape index (κ2) is 8.41. The van der Waals surface area contributed by atoms with Crippen molar-refractivity contribution in [1.82, 2.24) is 15.0 Å². The maximum absolute atomic E-state index is 12.5. The van der Waals surface area contributed by atoms with E-state index < -0.39 is 36.7 Å². The van der Waals surface area contributed by atoms with Crippen LogP contribution in [-0.4, -0.2) is 57.9 Å². The van der Waals surface area contributed by atoms with E-state index in [1.165, 1.54) is 0 Å². The normalized spacial score (nSPS) is 19.7. The van der Waals surface area contributed by atoms with Crippen LogP contribution in [0.5, 0.6) is 5.75 Å². The van der Waals surface area contributed by atoms with Crippen molar-refractivity contribution in [2.75, 3.05) is 18.1 Å². The molecule has 0 unspecified atom stereocenters. The highest BCUT2D eigenvalue weighted by molar-refractivity contribution is 7.17. The van der Waals surface area contributed by atoms with Crippen LogP contribution in [0, 0.1) is 0 Å². The molecule has 14 heteroatoms.